The van der Waals surface area contributed by atoms with Crippen LogP contribution in [0.3, 0.4) is 0 Å². The third-order valence-electron chi connectivity index (χ3n) is 5.39. The minimum absolute atomic E-state index is 0.297. The normalized spacial score (nSPS) is 18.9. The molecular weight excluding hydrogens is 342 g/mol. The van der Waals surface area contributed by atoms with Crippen molar-refractivity contribution < 1.29 is 0 Å². The average molecular weight is 371 g/mol. The van der Waals surface area contributed by atoms with Crippen LogP contribution in [-0.2, 0) is 6.54 Å². The van der Waals surface area contributed by atoms with Crippen molar-refractivity contribution in [2.24, 2.45) is 0 Å². The number of nitrogens with one attached hydrogen (secondary N) is 2. The highest BCUT2D eigenvalue weighted by atomic mass is 15.3. The van der Waals surface area contributed by atoms with Gasteiger partial charge < -0.3 is 20.9 Å². The fourth-order valence-corrected chi connectivity index (χ4v) is 3.88. The molecule has 2 aromatic heterocycles. The maximum Gasteiger partial charge on any atom is 0.239 e. The van der Waals surface area contributed by atoms with Crippen LogP contribution in [-0.4, -0.2) is 57.4 Å². The Labute approximate surface area is 159 Å². The largest absolute Gasteiger partial charge is 0.367 e. The zero-order valence-electron chi connectivity index (χ0n) is 16.0. The molecule has 0 amide bonds. The molecule has 2 aliphatic heterocycles. The van der Waals surface area contributed by atoms with E-state index in [0.29, 0.717) is 18.5 Å². The van der Waals surface area contributed by atoms with Crippen molar-refractivity contribution in [2.75, 3.05) is 41.7 Å². The number of nitrogen functional groups attached to an aromatic ring is 1. The quantitative estimate of drug-likeness (QED) is 0.720. The van der Waals surface area contributed by atoms with Crippen molar-refractivity contribution in [1.82, 2.24) is 30.5 Å². The van der Waals surface area contributed by atoms with Gasteiger partial charge in [0.15, 0.2) is 0 Å². The summed E-state index contributed by atoms with van der Waals surface area (Å²) >= 11 is 0. The number of aryl methyl sites for hydroxylation is 1. The van der Waals surface area contributed by atoms with E-state index in [4.69, 9.17) is 10.7 Å². The molecule has 0 spiro atoms. The van der Waals surface area contributed by atoms with Crippen LogP contribution in [0.1, 0.15) is 43.6 Å². The van der Waals surface area contributed by atoms with E-state index in [1.807, 2.05) is 0 Å². The first kappa shape index (κ1) is 18.0. The molecule has 2 aromatic rings. The van der Waals surface area contributed by atoms with Crippen LogP contribution in [0.2, 0.25) is 0 Å². The topological polar surface area (TPSA) is 112 Å². The fourth-order valence-electron chi connectivity index (χ4n) is 3.88. The summed E-state index contributed by atoms with van der Waals surface area (Å²) in [6.07, 6.45) is 5.94. The Morgan fingerprint density at radius 3 is 2.56 bits per heavy atom. The van der Waals surface area contributed by atoms with Crippen LogP contribution in [0.25, 0.3) is 0 Å². The minimum Gasteiger partial charge on any atom is -0.367 e. The molecule has 0 radical (unpaired) electrons. The molecule has 0 atom stereocenters. The van der Waals surface area contributed by atoms with Gasteiger partial charge in [0.2, 0.25) is 11.9 Å². The first-order valence-electron chi connectivity index (χ1n) is 9.93. The molecule has 9 nitrogen and oxygen atoms in total. The molecule has 4 N–H and O–H groups in total. The predicted octanol–water partition coefficient (Wildman–Crippen LogP) is 1.23. The summed E-state index contributed by atoms with van der Waals surface area (Å²) in [5, 5.41) is 10.2. The van der Waals surface area contributed by atoms with Crippen molar-refractivity contribution in [1.29, 1.82) is 0 Å². The maximum atomic E-state index is 5.54. The number of rotatable bonds is 5. The van der Waals surface area contributed by atoms with Crippen LogP contribution in [0.4, 0.5) is 17.7 Å². The van der Waals surface area contributed by atoms with Crippen LogP contribution in [0.15, 0.2) is 6.07 Å². The van der Waals surface area contributed by atoms with Gasteiger partial charge in [0.1, 0.15) is 11.6 Å². The smallest absolute Gasteiger partial charge is 0.239 e. The highest BCUT2D eigenvalue weighted by Crippen LogP contribution is 2.23. The molecule has 0 aliphatic carbocycles. The highest BCUT2D eigenvalue weighted by Gasteiger charge is 2.22. The Balaban J connectivity index is 1.34. The van der Waals surface area contributed by atoms with Crippen molar-refractivity contribution in [3.8, 4) is 0 Å². The molecule has 2 saturated heterocycles. The third kappa shape index (κ3) is 4.47. The van der Waals surface area contributed by atoms with E-state index in [2.05, 4.69) is 48.3 Å². The standard InChI is InChI=1S/C18H29N9/c1-13-11-16(23-18(21-13)27-7-3-2-4-8-27)26-9-5-14(6-10-26)20-12-15-22-17(19)25-24-15/h11,14,20H,2-10,12H2,1H3,(H3,19,22,24,25). The summed E-state index contributed by atoms with van der Waals surface area (Å²) in [5.41, 5.74) is 6.59. The van der Waals surface area contributed by atoms with E-state index in [1.54, 1.807) is 0 Å². The molecule has 2 aliphatic rings. The Hall–Kier alpha value is -2.42. The lowest BCUT2D eigenvalue weighted by molar-refractivity contribution is 0.408. The van der Waals surface area contributed by atoms with Gasteiger partial charge in [0, 0.05) is 44.0 Å². The number of nitrogens with zero attached hydrogens (tertiary/aromatic N) is 6. The highest BCUT2D eigenvalue weighted by molar-refractivity contribution is 5.46. The summed E-state index contributed by atoms with van der Waals surface area (Å²) in [6, 6.07) is 2.58. The molecule has 0 unspecified atom stereocenters. The summed E-state index contributed by atoms with van der Waals surface area (Å²) in [5.74, 6) is 3.04. The van der Waals surface area contributed by atoms with E-state index in [-0.39, 0.29) is 0 Å². The number of aromatic amines is 1. The number of H-pyrrole nitrogens is 1. The molecule has 0 bridgehead atoms. The van der Waals surface area contributed by atoms with Gasteiger partial charge in [-0.15, -0.1) is 5.10 Å². The SMILES string of the molecule is Cc1cc(N2CCC(NCc3nc(N)n[nH]3)CC2)nc(N2CCCCC2)n1. The molecule has 2 fully saturated rings. The molecule has 9 heteroatoms. The summed E-state index contributed by atoms with van der Waals surface area (Å²) in [6.45, 7) is 6.86. The first-order valence-corrected chi connectivity index (χ1v) is 9.93. The van der Waals surface area contributed by atoms with Crippen molar-refractivity contribution >= 4 is 17.7 Å². The van der Waals surface area contributed by atoms with E-state index in [1.165, 1.54) is 19.3 Å². The van der Waals surface area contributed by atoms with E-state index in [9.17, 15) is 0 Å². The predicted molar refractivity (Wildman–Crippen MR) is 106 cm³/mol. The summed E-state index contributed by atoms with van der Waals surface area (Å²) in [4.78, 5) is 18.4. The van der Waals surface area contributed by atoms with Crippen LogP contribution in [0, 0.1) is 6.92 Å². The van der Waals surface area contributed by atoms with Crippen molar-refractivity contribution in [3.05, 3.63) is 17.6 Å². The van der Waals surface area contributed by atoms with Gasteiger partial charge in [0.25, 0.3) is 0 Å². The monoisotopic (exact) mass is 371 g/mol. The van der Waals surface area contributed by atoms with E-state index in [0.717, 1.165) is 62.3 Å². The molecule has 0 saturated carbocycles. The Kier molecular flexibility index (Phi) is 5.38. The van der Waals surface area contributed by atoms with Crippen molar-refractivity contribution in [2.45, 2.75) is 51.6 Å². The number of hydrogen-bond donors (Lipinski definition) is 3. The average Bonchev–Trinajstić information content (AvgIpc) is 3.12. The number of hydrogen-bond acceptors (Lipinski definition) is 8. The zero-order chi connectivity index (χ0) is 18.6. The Bertz CT molecular complexity index is 745. The molecule has 146 valence electrons. The van der Waals surface area contributed by atoms with Gasteiger partial charge in [-0.2, -0.15) is 9.97 Å². The molecular formula is C18H29N9. The Morgan fingerprint density at radius 1 is 1.07 bits per heavy atom. The number of piperidine rings is 2. The van der Waals surface area contributed by atoms with E-state index >= 15 is 0 Å². The third-order valence-corrected chi connectivity index (χ3v) is 5.39. The molecule has 27 heavy (non-hydrogen) atoms. The first-order chi connectivity index (χ1) is 13.2. The summed E-state index contributed by atoms with van der Waals surface area (Å²) in [7, 11) is 0. The zero-order valence-corrected chi connectivity index (χ0v) is 16.0. The van der Waals surface area contributed by atoms with Crippen LogP contribution < -0.4 is 20.9 Å². The molecule has 4 heterocycles. The second-order valence-electron chi connectivity index (χ2n) is 7.50. The van der Waals surface area contributed by atoms with Crippen molar-refractivity contribution in [3.63, 3.8) is 0 Å². The van der Waals surface area contributed by atoms with Gasteiger partial charge >= 0.3 is 0 Å². The van der Waals surface area contributed by atoms with Crippen LogP contribution in [0.5, 0.6) is 0 Å². The summed E-state index contributed by atoms with van der Waals surface area (Å²) < 4.78 is 0. The second-order valence-corrected chi connectivity index (χ2v) is 7.50. The number of aromatic nitrogens is 5. The van der Waals surface area contributed by atoms with Gasteiger partial charge in [-0.05, 0) is 39.0 Å². The lowest BCUT2D eigenvalue weighted by Gasteiger charge is -2.34. The fraction of sp³-hybridized carbons (Fsp3) is 0.667. The Morgan fingerprint density at radius 2 is 1.85 bits per heavy atom. The van der Waals surface area contributed by atoms with Crippen LogP contribution >= 0.6 is 0 Å². The van der Waals surface area contributed by atoms with Gasteiger partial charge in [-0.1, -0.05) is 0 Å². The lowest BCUT2D eigenvalue weighted by Crippen LogP contribution is -2.43. The molecule has 4 rings (SSSR count). The lowest BCUT2D eigenvalue weighted by atomic mass is 10.1. The number of nitrogens with two attached hydrogens (primary N) is 1. The maximum absolute atomic E-state index is 5.54. The van der Waals surface area contributed by atoms with E-state index < -0.39 is 0 Å². The minimum atomic E-state index is 0.297. The number of anilines is 3. The van der Waals surface area contributed by atoms with Gasteiger partial charge in [-0.3, -0.25) is 5.10 Å². The second kappa shape index (κ2) is 8.08. The molecule has 0 aromatic carbocycles. The van der Waals surface area contributed by atoms with Gasteiger partial charge in [0.05, 0.1) is 6.54 Å². The van der Waals surface area contributed by atoms with Gasteiger partial charge in [-0.25, -0.2) is 4.98 Å².